The topological polar surface area (TPSA) is 78.9 Å². The standard InChI is InChI=1S/C75H122O6/c1-4-7-10-13-16-19-22-25-28-31-34-35-36-37-38-39-42-44-47-50-53-56-59-62-65-68-74(77)80-71-72(81-75(78)69-66-63-60-57-54-51-48-45-41-33-30-27-24-21-18-15-12-9-6-3)70-79-73(76)67-64-61-58-55-52-49-46-43-40-32-29-26-23-20-17-14-11-8-5-2/h7,9-10,12,16-21,25-30,34-35,37-38,41,45,51,54,72H,4-6,8,11,13-15,22-24,31-33,36,39-40,42-44,46-50,52-53,55-71H2,1-3H3/b10-7-,12-9-,19-16-,20-17-,21-18-,28-25-,29-26-,30-27-,35-34-,38-37-,45-41-,54-51-. The van der Waals surface area contributed by atoms with Gasteiger partial charge in [0.2, 0.25) is 0 Å². The molecule has 1 unspecified atom stereocenters. The number of esters is 3. The molecule has 1 atom stereocenters. The van der Waals surface area contributed by atoms with Crippen LogP contribution in [0.5, 0.6) is 0 Å². The van der Waals surface area contributed by atoms with E-state index in [1.807, 2.05) is 0 Å². The van der Waals surface area contributed by atoms with E-state index in [-0.39, 0.29) is 37.5 Å². The fourth-order valence-corrected chi connectivity index (χ4v) is 8.88. The molecule has 6 heteroatoms. The van der Waals surface area contributed by atoms with Crippen LogP contribution < -0.4 is 0 Å². The summed E-state index contributed by atoms with van der Waals surface area (Å²) in [7, 11) is 0. The number of hydrogen-bond acceptors (Lipinski definition) is 6. The fourth-order valence-electron chi connectivity index (χ4n) is 8.88. The molecule has 81 heavy (non-hydrogen) atoms. The van der Waals surface area contributed by atoms with E-state index in [9.17, 15) is 14.4 Å². The van der Waals surface area contributed by atoms with E-state index in [1.165, 1.54) is 109 Å². The molecule has 0 radical (unpaired) electrons. The van der Waals surface area contributed by atoms with Crippen LogP contribution in [0.4, 0.5) is 0 Å². The summed E-state index contributed by atoms with van der Waals surface area (Å²) in [5.74, 6) is -0.939. The third-order valence-corrected chi connectivity index (χ3v) is 13.8. The van der Waals surface area contributed by atoms with Gasteiger partial charge in [0.05, 0.1) is 0 Å². The zero-order valence-corrected chi connectivity index (χ0v) is 52.5. The minimum atomic E-state index is -0.808. The maximum absolute atomic E-state index is 12.9. The Bertz CT molecular complexity index is 1760. The molecule has 0 aromatic carbocycles. The van der Waals surface area contributed by atoms with Crippen LogP contribution in [0.15, 0.2) is 146 Å². The SMILES string of the molecule is CC/C=C\C/C=C\C/C=C\C/C=C\C/C=C\CCCCCCCCCCCC(=O)OCC(COC(=O)CCCCCCCCCCC/C=C\C/C=C\CCCCC)OC(=O)CCCCC/C=C\C/C=C\C/C=C\C/C=C\C/C=C\CC. The molecule has 0 aromatic heterocycles. The van der Waals surface area contributed by atoms with Gasteiger partial charge in [-0.25, -0.2) is 0 Å². The summed E-state index contributed by atoms with van der Waals surface area (Å²) < 4.78 is 16.9. The second-order valence-electron chi connectivity index (χ2n) is 21.6. The van der Waals surface area contributed by atoms with Crippen LogP contribution in [-0.4, -0.2) is 37.2 Å². The number of carbonyl (C=O) groups excluding carboxylic acids is 3. The lowest BCUT2D eigenvalue weighted by atomic mass is 10.1. The van der Waals surface area contributed by atoms with Crippen molar-refractivity contribution in [2.75, 3.05) is 13.2 Å². The van der Waals surface area contributed by atoms with Gasteiger partial charge in [0.1, 0.15) is 13.2 Å². The van der Waals surface area contributed by atoms with E-state index in [2.05, 4.69) is 167 Å². The minimum absolute atomic E-state index is 0.0999. The van der Waals surface area contributed by atoms with Gasteiger partial charge in [-0.05, 0) is 141 Å². The Morgan fingerprint density at radius 2 is 0.481 bits per heavy atom. The highest BCUT2D eigenvalue weighted by Gasteiger charge is 2.19. The molecule has 0 bridgehead atoms. The first-order chi connectivity index (χ1) is 40.0. The predicted octanol–water partition coefficient (Wildman–Crippen LogP) is 23.1. The molecule has 6 nitrogen and oxygen atoms in total. The van der Waals surface area contributed by atoms with Gasteiger partial charge in [-0.15, -0.1) is 0 Å². The number of unbranched alkanes of at least 4 members (excludes halogenated alkanes) is 24. The third kappa shape index (κ3) is 66.0. The van der Waals surface area contributed by atoms with E-state index in [1.54, 1.807) is 0 Å². The highest BCUT2D eigenvalue weighted by Crippen LogP contribution is 2.15. The van der Waals surface area contributed by atoms with Crippen LogP contribution in [0.2, 0.25) is 0 Å². The maximum atomic E-state index is 12.9. The van der Waals surface area contributed by atoms with Gasteiger partial charge in [0.25, 0.3) is 0 Å². The van der Waals surface area contributed by atoms with Crippen molar-refractivity contribution in [1.29, 1.82) is 0 Å². The monoisotopic (exact) mass is 1120 g/mol. The van der Waals surface area contributed by atoms with Gasteiger partial charge in [0, 0.05) is 19.3 Å². The molecule has 0 fully saturated rings. The summed E-state index contributed by atoms with van der Waals surface area (Å²) in [6, 6.07) is 0. The van der Waals surface area contributed by atoms with Crippen LogP contribution in [0.3, 0.4) is 0 Å². The molecule has 0 aromatic rings. The average Bonchev–Trinajstić information content (AvgIpc) is 3.47. The lowest BCUT2D eigenvalue weighted by Gasteiger charge is -2.18. The predicted molar refractivity (Wildman–Crippen MR) is 352 cm³/mol. The second kappa shape index (κ2) is 67.8. The fraction of sp³-hybridized carbons (Fsp3) is 0.640. The van der Waals surface area contributed by atoms with E-state index in [4.69, 9.17) is 14.2 Å². The maximum Gasteiger partial charge on any atom is 0.306 e. The number of ether oxygens (including phenoxy) is 3. The van der Waals surface area contributed by atoms with Gasteiger partial charge in [0.15, 0.2) is 6.10 Å². The Hall–Kier alpha value is -4.71. The Morgan fingerprint density at radius 3 is 0.765 bits per heavy atom. The molecule has 458 valence electrons. The Kier molecular flexibility index (Phi) is 63.9. The molecule has 0 saturated heterocycles. The van der Waals surface area contributed by atoms with Crippen molar-refractivity contribution < 1.29 is 28.6 Å². The zero-order valence-electron chi connectivity index (χ0n) is 52.5. The molecule has 0 aliphatic carbocycles. The van der Waals surface area contributed by atoms with Gasteiger partial charge in [-0.1, -0.05) is 276 Å². The van der Waals surface area contributed by atoms with Crippen LogP contribution in [0, 0.1) is 0 Å². The first-order valence-electron chi connectivity index (χ1n) is 33.3. The van der Waals surface area contributed by atoms with Crippen molar-refractivity contribution in [3.63, 3.8) is 0 Å². The highest BCUT2D eigenvalue weighted by molar-refractivity contribution is 5.71. The van der Waals surface area contributed by atoms with Crippen LogP contribution in [-0.2, 0) is 28.6 Å². The molecular weight excluding hydrogens is 997 g/mol. The second-order valence-corrected chi connectivity index (χ2v) is 21.6. The number of hydrogen-bond donors (Lipinski definition) is 0. The molecule has 0 amide bonds. The number of rotatable bonds is 59. The summed E-state index contributed by atoms with van der Waals surface area (Å²) in [5.41, 5.74) is 0. The van der Waals surface area contributed by atoms with Crippen molar-refractivity contribution in [1.82, 2.24) is 0 Å². The van der Waals surface area contributed by atoms with Crippen LogP contribution >= 0.6 is 0 Å². The van der Waals surface area contributed by atoms with Crippen molar-refractivity contribution in [2.24, 2.45) is 0 Å². The quantitative estimate of drug-likeness (QED) is 0.0261. The van der Waals surface area contributed by atoms with E-state index in [0.717, 1.165) is 141 Å². The molecule has 0 spiro atoms. The van der Waals surface area contributed by atoms with Gasteiger partial charge in [-0.3, -0.25) is 14.4 Å². The molecule has 0 aliphatic heterocycles. The summed E-state index contributed by atoms with van der Waals surface area (Å²) in [6.07, 6.45) is 97.0. The number of carbonyl (C=O) groups is 3. The minimum Gasteiger partial charge on any atom is -0.462 e. The molecule has 0 rings (SSSR count). The van der Waals surface area contributed by atoms with Gasteiger partial charge in [-0.2, -0.15) is 0 Å². The largest absolute Gasteiger partial charge is 0.462 e. The zero-order chi connectivity index (χ0) is 58.5. The van der Waals surface area contributed by atoms with Crippen LogP contribution in [0.1, 0.15) is 290 Å². The Labute approximate surface area is 499 Å². The van der Waals surface area contributed by atoms with Crippen molar-refractivity contribution >= 4 is 17.9 Å². The van der Waals surface area contributed by atoms with Crippen molar-refractivity contribution in [3.05, 3.63) is 146 Å². The molecule has 0 heterocycles. The summed E-state index contributed by atoms with van der Waals surface area (Å²) >= 11 is 0. The van der Waals surface area contributed by atoms with Crippen LogP contribution in [0.25, 0.3) is 0 Å². The summed E-state index contributed by atoms with van der Waals surface area (Å²) in [5, 5.41) is 0. The van der Waals surface area contributed by atoms with E-state index < -0.39 is 6.10 Å². The van der Waals surface area contributed by atoms with Gasteiger partial charge < -0.3 is 14.2 Å². The first-order valence-corrected chi connectivity index (χ1v) is 33.3. The highest BCUT2D eigenvalue weighted by atomic mass is 16.6. The summed E-state index contributed by atoms with van der Waals surface area (Å²) in [6.45, 7) is 6.37. The average molecular weight is 1120 g/mol. The van der Waals surface area contributed by atoms with Crippen molar-refractivity contribution in [3.8, 4) is 0 Å². The smallest absolute Gasteiger partial charge is 0.306 e. The lowest BCUT2D eigenvalue weighted by Crippen LogP contribution is -2.30. The molecule has 0 aliphatic rings. The van der Waals surface area contributed by atoms with Crippen molar-refractivity contribution in [2.45, 2.75) is 297 Å². The van der Waals surface area contributed by atoms with E-state index >= 15 is 0 Å². The normalized spacial score (nSPS) is 13.1. The number of allylic oxidation sites excluding steroid dienone is 24. The Balaban J connectivity index is 4.46. The first kappa shape index (κ1) is 76.3. The Morgan fingerprint density at radius 1 is 0.259 bits per heavy atom. The third-order valence-electron chi connectivity index (χ3n) is 13.8. The molecular formula is C75H122O6. The van der Waals surface area contributed by atoms with Gasteiger partial charge >= 0.3 is 17.9 Å². The van der Waals surface area contributed by atoms with E-state index in [0.29, 0.717) is 12.8 Å². The molecule has 0 N–H and O–H groups in total. The summed E-state index contributed by atoms with van der Waals surface area (Å²) in [4.78, 5) is 38.4. The molecule has 0 saturated carbocycles. The lowest BCUT2D eigenvalue weighted by molar-refractivity contribution is -0.167.